The summed E-state index contributed by atoms with van der Waals surface area (Å²) in [6.07, 6.45) is 5.29. The highest BCUT2D eigenvalue weighted by Crippen LogP contribution is 2.32. The number of benzene rings is 1. The Balaban J connectivity index is 1.79. The van der Waals surface area contributed by atoms with Crippen molar-refractivity contribution in [2.75, 3.05) is 7.11 Å². The van der Waals surface area contributed by atoms with E-state index in [2.05, 4.69) is 15.1 Å². The van der Waals surface area contributed by atoms with E-state index >= 15 is 0 Å². The molecule has 0 unspecified atom stereocenters. The third-order valence-electron chi connectivity index (χ3n) is 4.48. The zero-order valence-corrected chi connectivity index (χ0v) is 17.1. The Labute approximate surface area is 173 Å². The van der Waals surface area contributed by atoms with Gasteiger partial charge in [-0.2, -0.15) is 13.9 Å². The fraction of sp³-hybridized carbons (Fsp3) is 0.286. The van der Waals surface area contributed by atoms with Crippen molar-refractivity contribution in [2.24, 2.45) is 0 Å². The number of rotatable bonds is 7. The van der Waals surface area contributed by atoms with Gasteiger partial charge in [0.2, 0.25) is 11.2 Å². The van der Waals surface area contributed by atoms with Gasteiger partial charge in [-0.3, -0.25) is 0 Å². The zero-order valence-electron chi connectivity index (χ0n) is 16.4. The summed E-state index contributed by atoms with van der Waals surface area (Å²) >= 11 is 5.87. The van der Waals surface area contributed by atoms with Crippen molar-refractivity contribution in [3.63, 3.8) is 0 Å². The Hall–Kier alpha value is -2.80. The zero-order chi connectivity index (χ0) is 21.0. The van der Waals surface area contributed by atoms with Crippen molar-refractivity contribution in [2.45, 2.75) is 32.6 Å². The Morgan fingerprint density at radius 2 is 1.93 bits per heavy atom. The van der Waals surface area contributed by atoms with Crippen molar-refractivity contribution in [1.29, 1.82) is 0 Å². The first-order chi connectivity index (χ1) is 13.8. The molecule has 3 rings (SSSR count). The molecule has 0 bridgehead atoms. The summed E-state index contributed by atoms with van der Waals surface area (Å²) in [5.41, 5.74) is 3.23. The SMILES string of the molecule is C/C=C/C(F)(F)c1cc(OC)n(-c2ccc(CCc3nc(Cl)ncc3C)cc2)n1. The Kier molecular flexibility index (Phi) is 6.27. The van der Waals surface area contributed by atoms with E-state index in [4.69, 9.17) is 16.3 Å². The lowest BCUT2D eigenvalue weighted by atomic mass is 10.1. The molecule has 0 fully saturated rings. The Bertz CT molecular complexity index is 1020. The van der Waals surface area contributed by atoms with Gasteiger partial charge in [0.1, 0.15) is 5.69 Å². The average Bonchev–Trinajstić information content (AvgIpc) is 3.14. The molecule has 0 N–H and O–H groups in total. The summed E-state index contributed by atoms with van der Waals surface area (Å²) in [6.45, 7) is 3.48. The van der Waals surface area contributed by atoms with Gasteiger partial charge < -0.3 is 4.74 Å². The Morgan fingerprint density at radius 1 is 1.21 bits per heavy atom. The maximum absolute atomic E-state index is 14.2. The highest BCUT2D eigenvalue weighted by atomic mass is 35.5. The second kappa shape index (κ2) is 8.69. The van der Waals surface area contributed by atoms with Gasteiger partial charge in [-0.15, -0.1) is 0 Å². The van der Waals surface area contributed by atoms with E-state index in [1.807, 2.05) is 31.2 Å². The molecule has 3 aromatic rings. The number of allylic oxidation sites excluding steroid dienone is 2. The first-order valence-corrected chi connectivity index (χ1v) is 9.45. The summed E-state index contributed by atoms with van der Waals surface area (Å²) in [5.74, 6) is -2.92. The van der Waals surface area contributed by atoms with Gasteiger partial charge in [0, 0.05) is 18.0 Å². The van der Waals surface area contributed by atoms with Crippen LogP contribution in [0.4, 0.5) is 8.78 Å². The van der Waals surface area contributed by atoms with Crippen molar-refractivity contribution < 1.29 is 13.5 Å². The Morgan fingerprint density at radius 3 is 2.59 bits per heavy atom. The predicted octanol–water partition coefficient (Wildman–Crippen LogP) is 5.09. The monoisotopic (exact) mass is 418 g/mol. The van der Waals surface area contributed by atoms with Crippen LogP contribution in [0.2, 0.25) is 5.28 Å². The van der Waals surface area contributed by atoms with Gasteiger partial charge >= 0.3 is 5.92 Å². The summed E-state index contributed by atoms with van der Waals surface area (Å²) < 4.78 is 34.9. The minimum absolute atomic E-state index is 0.234. The summed E-state index contributed by atoms with van der Waals surface area (Å²) in [4.78, 5) is 8.23. The summed E-state index contributed by atoms with van der Waals surface area (Å²) in [6, 6.07) is 8.75. The van der Waals surface area contributed by atoms with Gasteiger partial charge in [-0.1, -0.05) is 18.2 Å². The van der Waals surface area contributed by atoms with Crippen LogP contribution in [0.1, 0.15) is 29.4 Å². The molecule has 5 nitrogen and oxygen atoms in total. The van der Waals surface area contributed by atoms with E-state index in [1.54, 1.807) is 6.20 Å². The van der Waals surface area contributed by atoms with Crippen LogP contribution in [0.25, 0.3) is 5.69 Å². The summed E-state index contributed by atoms with van der Waals surface area (Å²) in [5, 5.41) is 4.28. The topological polar surface area (TPSA) is 52.8 Å². The second-order valence-corrected chi connectivity index (χ2v) is 6.88. The summed E-state index contributed by atoms with van der Waals surface area (Å²) in [7, 11) is 1.43. The van der Waals surface area contributed by atoms with Crippen LogP contribution >= 0.6 is 11.6 Å². The molecule has 29 heavy (non-hydrogen) atoms. The van der Waals surface area contributed by atoms with Crippen LogP contribution in [-0.4, -0.2) is 26.9 Å². The standard InChI is InChI=1S/C21H21ClF2N4O/c1-4-11-21(23,24)18-12-19(29-3)28(27-18)16-8-5-15(6-9-16)7-10-17-14(2)13-25-20(22)26-17/h4-6,8-9,11-13H,7,10H2,1-3H3/b11-4+. The normalized spacial score (nSPS) is 11.9. The van der Waals surface area contributed by atoms with E-state index in [1.165, 1.54) is 30.9 Å². The van der Waals surface area contributed by atoms with Gasteiger partial charge in [0.25, 0.3) is 0 Å². The van der Waals surface area contributed by atoms with Gasteiger partial charge in [0.15, 0.2) is 0 Å². The smallest absolute Gasteiger partial charge is 0.310 e. The molecule has 0 amide bonds. The molecule has 0 aliphatic carbocycles. The van der Waals surface area contributed by atoms with Crippen molar-refractivity contribution >= 4 is 11.6 Å². The lowest BCUT2D eigenvalue weighted by Gasteiger charge is -2.09. The molecule has 1 aromatic carbocycles. The molecule has 2 aromatic heterocycles. The number of hydrogen-bond acceptors (Lipinski definition) is 4. The van der Waals surface area contributed by atoms with E-state index in [9.17, 15) is 8.78 Å². The number of nitrogens with zero attached hydrogens (tertiary/aromatic N) is 4. The van der Waals surface area contributed by atoms with E-state index in [0.29, 0.717) is 5.69 Å². The lowest BCUT2D eigenvalue weighted by molar-refractivity contribution is 0.0466. The number of alkyl halides is 2. The minimum Gasteiger partial charge on any atom is -0.481 e. The van der Waals surface area contributed by atoms with Crippen LogP contribution < -0.4 is 4.74 Å². The number of halogens is 3. The third-order valence-corrected chi connectivity index (χ3v) is 4.66. The molecule has 0 radical (unpaired) electrons. The van der Waals surface area contributed by atoms with Crippen molar-refractivity contribution in [3.8, 4) is 11.6 Å². The van der Waals surface area contributed by atoms with E-state index in [-0.39, 0.29) is 16.9 Å². The lowest BCUT2D eigenvalue weighted by Crippen LogP contribution is -2.11. The highest BCUT2D eigenvalue weighted by Gasteiger charge is 2.32. The first kappa shape index (κ1) is 20.9. The van der Waals surface area contributed by atoms with Crippen LogP contribution in [0.3, 0.4) is 0 Å². The number of ether oxygens (including phenoxy) is 1. The number of hydrogen-bond donors (Lipinski definition) is 0. The quantitative estimate of drug-likeness (QED) is 0.396. The molecule has 0 saturated heterocycles. The van der Waals surface area contributed by atoms with Crippen LogP contribution in [0, 0.1) is 6.92 Å². The molecular weight excluding hydrogens is 398 g/mol. The molecule has 0 aliphatic rings. The van der Waals surface area contributed by atoms with Gasteiger partial charge in [-0.25, -0.2) is 14.6 Å². The van der Waals surface area contributed by atoms with E-state index in [0.717, 1.165) is 35.7 Å². The van der Waals surface area contributed by atoms with Crippen LogP contribution in [0.5, 0.6) is 5.88 Å². The molecule has 0 saturated carbocycles. The maximum atomic E-state index is 14.2. The molecule has 0 aliphatic heterocycles. The predicted molar refractivity (Wildman–Crippen MR) is 108 cm³/mol. The molecular formula is C21H21ClF2N4O. The van der Waals surface area contributed by atoms with Crippen molar-refractivity contribution in [3.05, 3.63) is 76.5 Å². The number of aryl methyl sites for hydroxylation is 3. The fourth-order valence-corrected chi connectivity index (χ4v) is 3.08. The fourth-order valence-electron chi connectivity index (χ4n) is 2.92. The highest BCUT2D eigenvalue weighted by molar-refractivity contribution is 6.28. The second-order valence-electron chi connectivity index (χ2n) is 6.54. The van der Waals surface area contributed by atoms with E-state index < -0.39 is 5.92 Å². The molecule has 0 atom stereocenters. The molecule has 152 valence electrons. The van der Waals surface area contributed by atoms with Gasteiger partial charge in [-0.05, 0) is 67.6 Å². The number of methoxy groups -OCH3 is 1. The molecule has 8 heteroatoms. The molecule has 0 spiro atoms. The minimum atomic E-state index is -3.16. The largest absolute Gasteiger partial charge is 0.481 e. The van der Waals surface area contributed by atoms with Gasteiger partial charge in [0.05, 0.1) is 12.8 Å². The van der Waals surface area contributed by atoms with Crippen LogP contribution in [0.15, 0.2) is 48.7 Å². The third kappa shape index (κ3) is 4.79. The first-order valence-electron chi connectivity index (χ1n) is 9.07. The molecule has 2 heterocycles. The average molecular weight is 419 g/mol. The maximum Gasteiger partial charge on any atom is 0.310 e. The van der Waals surface area contributed by atoms with Crippen LogP contribution in [-0.2, 0) is 18.8 Å². The number of aromatic nitrogens is 4. The van der Waals surface area contributed by atoms with Crippen molar-refractivity contribution in [1.82, 2.24) is 19.7 Å².